The van der Waals surface area contributed by atoms with Crippen LogP contribution in [0.4, 0.5) is 10.1 Å². The van der Waals surface area contributed by atoms with Crippen molar-refractivity contribution in [3.63, 3.8) is 0 Å². The lowest BCUT2D eigenvalue weighted by molar-refractivity contribution is 0.274. The second-order valence-corrected chi connectivity index (χ2v) is 10.4. The molecular formula is C21H34FN5O2S. The summed E-state index contributed by atoms with van der Waals surface area (Å²) < 4.78 is 38.3. The van der Waals surface area contributed by atoms with Gasteiger partial charge in [-0.15, -0.1) is 0 Å². The number of hydrogen-bond acceptors (Lipinski definition) is 4. The number of aliphatic imine (C=N–C) groups is 1. The molecule has 1 unspecified atom stereocenters. The zero-order valence-electron chi connectivity index (χ0n) is 18.2. The largest absolute Gasteiger partial charge is 0.369 e. The smallest absolute Gasteiger partial charge is 0.211 e. The van der Waals surface area contributed by atoms with Crippen LogP contribution in [0.25, 0.3) is 0 Å². The van der Waals surface area contributed by atoms with Gasteiger partial charge in [0.05, 0.1) is 6.26 Å². The summed E-state index contributed by atoms with van der Waals surface area (Å²) >= 11 is 0. The van der Waals surface area contributed by atoms with Crippen LogP contribution in [0.15, 0.2) is 23.2 Å². The number of nitrogens with one attached hydrogen (secondary N) is 2. The highest BCUT2D eigenvalue weighted by molar-refractivity contribution is 7.88. The van der Waals surface area contributed by atoms with Crippen LogP contribution in [0.3, 0.4) is 0 Å². The fourth-order valence-electron chi connectivity index (χ4n) is 4.36. The zero-order chi connectivity index (χ0) is 21.7. The van der Waals surface area contributed by atoms with Crippen LogP contribution in [-0.2, 0) is 10.0 Å². The first-order valence-electron chi connectivity index (χ1n) is 10.7. The SMILES string of the molecule is CN=C(NCC1CCN(S(C)(=O)=O)CC1)NC1CCCN(c2ccc(F)cc2C)C1. The monoisotopic (exact) mass is 439 g/mol. The Hall–Kier alpha value is -1.87. The third-order valence-corrected chi connectivity index (χ3v) is 7.39. The molecule has 1 aromatic rings. The Morgan fingerprint density at radius 3 is 2.60 bits per heavy atom. The van der Waals surface area contributed by atoms with Gasteiger partial charge in [-0.3, -0.25) is 4.99 Å². The normalized spacial score (nSPS) is 22.2. The van der Waals surface area contributed by atoms with E-state index >= 15 is 0 Å². The Morgan fingerprint density at radius 1 is 1.23 bits per heavy atom. The number of piperidine rings is 2. The van der Waals surface area contributed by atoms with Crippen LogP contribution in [0.2, 0.25) is 0 Å². The predicted octanol–water partition coefficient (Wildman–Crippen LogP) is 1.94. The summed E-state index contributed by atoms with van der Waals surface area (Å²) in [6, 6.07) is 5.24. The maximum atomic E-state index is 13.4. The first-order chi connectivity index (χ1) is 14.3. The number of rotatable bonds is 5. The highest BCUT2D eigenvalue weighted by atomic mass is 32.2. The lowest BCUT2D eigenvalue weighted by Crippen LogP contribution is -2.52. The molecule has 0 radical (unpaired) electrons. The van der Waals surface area contributed by atoms with Gasteiger partial charge < -0.3 is 15.5 Å². The van der Waals surface area contributed by atoms with E-state index < -0.39 is 10.0 Å². The molecule has 0 aromatic heterocycles. The van der Waals surface area contributed by atoms with Crippen molar-refractivity contribution in [2.45, 2.75) is 38.6 Å². The van der Waals surface area contributed by atoms with Crippen LogP contribution >= 0.6 is 0 Å². The van der Waals surface area contributed by atoms with Crippen molar-refractivity contribution >= 4 is 21.7 Å². The molecule has 0 bridgehead atoms. The molecule has 1 aromatic carbocycles. The van der Waals surface area contributed by atoms with Crippen LogP contribution < -0.4 is 15.5 Å². The molecule has 0 aliphatic carbocycles. The van der Waals surface area contributed by atoms with Crippen molar-refractivity contribution in [1.29, 1.82) is 0 Å². The molecule has 2 saturated heterocycles. The van der Waals surface area contributed by atoms with Gasteiger partial charge in [0.2, 0.25) is 10.0 Å². The first-order valence-corrected chi connectivity index (χ1v) is 12.5. The summed E-state index contributed by atoms with van der Waals surface area (Å²) in [5.41, 5.74) is 2.04. The molecular weight excluding hydrogens is 405 g/mol. The Morgan fingerprint density at radius 2 is 1.97 bits per heavy atom. The number of sulfonamides is 1. The average Bonchev–Trinajstić information content (AvgIpc) is 2.71. The van der Waals surface area contributed by atoms with E-state index in [0.29, 0.717) is 19.0 Å². The van der Waals surface area contributed by atoms with E-state index in [4.69, 9.17) is 0 Å². The second-order valence-electron chi connectivity index (χ2n) is 8.42. The number of halogens is 1. The van der Waals surface area contributed by atoms with E-state index in [2.05, 4.69) is 20.5 Å². The fraction of sp³-hybridized carbons (Fsp3) is 0.667. The average molecular weight is 440 g/mol. The van der Waals surface area contributed by atoms with Gasteiger partial charge in [-0.1, -0.05) is 0 Å². The number of nitrogens with zero attached hydrogens (tertiary/aromatic N) is 3. The van der Waals surface area contributed by atoms with E-state index in [1.54, 1.807) is 17.4 Å². The van der Waals surface area contributed by atoms with E-state index in [-0.39, 0.29) is 11.9 Å². The van der Waals surface area contributed by atoms with E-state index in [1.807, 2.05) is 13.0 Å². The van der Waals surface area contributed by atoms with E-state index in [9.17, 15) is 12.8 Å². The second kappa shape index (κ2) is 9.96. The minimum atomic E-state index is -3.09. The topological polar surface area (TPSA) is 77.0 Å². The van der Waals surface area contributed by atoms with Gasteiger partial charge >= 0.3 is 0 Å². The fourth-order valence-corrected chi connectivity index (χ4v) is 5.24. The summed E-state index contributed by atoms with van der Waals surface area (Å²) in [7, 11) is -1.32. The highest BCUT2D eigenvalue weighted by Gasteiger charge is 2.26. The van der Waals surface area contributed by atoms with Crippen molar-refractivity contribution in [1.82, 2.24) is 14.9 Å². The highest BCUT2D eigenvalue weighted by Crippen LogP contribution is 2.24. The van der Waals surface area contributed by atoms with Gasteiger partial charge in [0.1, 0.15) is 5.82 Å². The maximum Gasteiger partial charge on any atom is 0.211 e. The van der Waals surface area contributed by atoms with Gasteiger partial charge in [0, 0.05) is 51.5 Å². The quantitative estimate of drug-likeness (QED) is 0.542. The summed E-state index contributed by atoms with van der Waals surface area (Å²) in [6.45, 7) is 5.73. The minimum absolute atomic E-state index is 0.199. The molecule has 2 aliphatic heterocycles. The van der Waals surface area contributed by atoms with Crippen molar-refractivity contribution in [3.05, 3.63) is 29.6 Å². The summed E-state index contributed by atoms with van der Waals surface area (Å²) in [5, 5.41) is 6.94. The van der Waals surface area contributed by atoms with Crippen LogP contribution in [0.1, 0.15) is 31.2 Å². The van der Waals surface area contributed by atoms with E-state index in [1.165, 1.54) is 12.3 Å². The van der Waals surface area contributed by atoms with Crippen molar-refractivity contribution in [2.24, 2.45) is 10.9 Å². The molecule has 7 nitrogen and oxygen atoms in total. The maximum absolute atomic E-state index is 13.4. The van der Waals surface area contributed by atoms with Crippen molar-refractivity contribution in [2.75, 3.05) is 50.9 Å². The number of guanidine groups is 1. The zero-order valence-corrected chi connectivity index (χ0v) is 19.0. The molecule has 2 fully saturated rings. The van der Waals surface area contributed by atoms with Gasteiger partial charge in [-0.05, 0) is 62.3 Å². The third kappa shape index (κ3) is 6.07. The number of aryl methyl sites for hydroxylation is 1. The molecule has 9 heteroatoms. The summed E-state index contributed by atoms with van der Waals surface area (Å²) in [4.78, 5) is 6.68. The number of benzene rings is 1. The molecule has 1 atom stereocenters. The van der Waals surface area contributed by atoms with Gasteiger partial charge in [0.15, 0.2) is 5.96 Å². The molecule has 30 heavy (non-hydrogen) atoms. The molecule has 2 aliphatic rings. The lowest BCUT2D eigenvalue weighted by atomic mass is 9.98. The molecule has 168 valence electrons. The predicted molar refractivity (Wildman–Crippen MR) is 120 cm³/mol. The Kier molecular flexibility index (Phi) is 7.57. The van der Waals surface area contributed by atoms with Crippen LogP contribution in [0.5, 0.6) is 0 Å². The van der Waals surface area contributed by atoms with Crippen LogP contribution in [-0.4, -0.2) is 70.8 Å². The summed E-state index contributed by atoms with van der Waals surface area (Å²) in [6.07, 6.45) is 5.12. The van der Waals surface area contributed by atoms with E-state index in [0.717, 1.165) is 62.5 Å². The van der Waals surface area contributed by atoms with Gasteiger partial charge in [0.25, 0.3) is 0 Å². The molecule has 2 heterocycles. The molecule has 0 spiro atoms. The van der Waals surface area contributed by atoms with Crippen molar-refractivity contribution in [3.8, 4) is 0 Å². The lowest BCUT2D eigenvalue weighted by Gasteiger charge is -2.36. The van der Waals surface area contributed by atoms with Gasteiger partial charge in [-0.2, -0.15) is 0 Å². The minimum Gasteiger partial charge on any atom is -0.369 e. The molecule has 2 N–H and O–H groups in total. The number of anilines is 1. The van der Waals surface area contributed by atoms with Crippen molar-refractivity contribution < 1.29 is 12.8 Å². The van der Waals surface area contributed by atoms with Crippen LogP contribution in [0, 0.1) is 18.7 Å². The Labute approximate surface area is 179 Å². The first kappa shape index (κ1) is 22.8. The molecule has 3 rings (SSSR count). The standard InChI is InChI=1S/C21H34FN5O2S/c1-16-13-18(22)6-7-20(16)26-10-4-5-19(15-26)25-21(23-2)24-14-17-8-11-27(12-9-17)30(3,28)29/h6-7,13,17,19H,4-5,8-12,14-15H2,1-3H3,(H2,23,24,25). The molecule has 0 amide bonds. The Balaban J connectivity index is 1.48. The third-order valence-electron chi connectivity index (χ3n) is 6.09. The van der Waals surface area contributed by atoms with Gasteiger partial charge in [-0.25, -0.2) is 17.1 Å². The Bertz CT molecular complexity index is 853. The molecule has 0 saturated carbocycles. The summed E-state index contributed by atoms with van der Waals surface area (Å²) in [5.74, 6) is 1.02. The number of hydrogen-bond donors (Lipinski definition) is 2.